The van der Waals surface area contributed by atoms with Crippen LogP contribution in [0.4, 0.5) is 5.69 Å². The number of hydrogen-bond acceptors (Lipinski definition) is 5. The highest BCUT2D eigenvalue weighted by atomic mass is 16.5. The van der Waals surface area contributed by atoms with Gasteiger partial charge in [0, 0.05) is 38.2 Å². The van der Waals surface area contributed by atoms with E-state index in [1.54, 1.807) is 21.3 Å². The normalized spacial score (nSPS) is 14.0. The molecule has 28 heavy (non-hydrogen) atoms. The van der Waals surface area contributed by atoms with Crippen molar-refractivity contribution in [1.29, 1.82) is 0 Å². The van der Waals surface area contributed by atoms with Crippen molar-refractivity contribution in [1.82, 2.24) is 4.90 Å². The molecule has 0 atom stereocenters. The lowest BCUT2D eigenvalue weighted by Crippen LogP contribution is -2.48. The number of anilines is 1. The molecule has 2 aromatic carbocycles. The molecule has 0 spiro atoms. The molecule has 0 bridgehead atoms. The maximum absolute atomic E-state index is 12.7. The minimum absolute atomic E-state index is 0.160. The molecule has 0 N–H and O–H groups in total. The molecule has 3 rings (SSSR count). The molecular formula is C22H28N2O4. The zero-order chi connectivity index (χ0) is 19.9. The van der Waals surface area contributed by atoms with Gasteiger partial charge in [-0.3, -0.25) is 4.79 Å². The van der Waals surface area contributed by atoms with Crippen LogP contribution in [0.2, 0.25) is 0 Å². The number of hydrogen-bond donors (Lipinski definition) is 0. The highest BCUT2D eigenvalue weighted by Gasteiger charge is 2.23. The van der Waals surface area contributed by atoms with E-state index in [2.05, 4.69) is 11.0 Å². The molecule has 0 unspecified atom stereocenters. The number of nitrogens with zero attached hydrogens (tertiary/aromatic N) is 2. The second-order valence-electron chi connectivity index (χ2n) is 6.68. The van der Waals surface area contributed by atoms with E-state index in [4.69, 9.17) is 14.2 Å². The maximum Gasteiger partial charge on any atom is 0.223 e. The fourth-order valence-electron chi connectivity index (χ4n) is 3.65. The van der Waals surface area contributed by atoms with E-state index in [0.29, 0.717) is 25.9 Å². The van der Waals surface area contributed by atoms with Crippen molar-refractivity contribution in [2.75, 3.05) is 52.4 Å². The van der Waals surface area contributed by atoms with Gasteiger partial charge < -0.3 is 24.0 Å². The first-order valence-electron chi connectivity index (χ1n) is 9.53. The van der Waals surface area contributed by atoms with Crippen LogP contribution in [0, 0.1) is 0 Å². The number of carbonyl (C=O) groups excluding carboxylic acids is 1. The van der Waals surface area contributed by atoms with Crippen molar-refractivity contribution in [3.8, 4) is 17.2 Å². The van der Waals surface area contributed by atoms with Gasteiger partial charge in [0.05, 0.1) is 27.0 Å². The third-order valence-electron chi connectivity index (χ3n) is 5.18. The number of rotatable bonds is 7. The molecule has 1 heterocycles. The van der Waals surface area contributed by atoms with Crippen LogP contribution in [0.3, 0.4) is 0 Å². The highest BCUT2D eigenvalue weighted by Crippen LogP contribution is 2.30. The van der Waals surface area contributed by atoms with Crippen molar-refractivity contribution in [3.05, 3.63) is 48.0 Å². The smallest absolute Gasteiger partial charge is 0.223 e. The van der Waals surface area contributed by atoms with Crippen molar-refractivity contribution in [2.24, 2.45) is 0 Å². The molecular weight excluding hydrogens is 356 g/mol. The third-order valence-corrected chi connectivity index (χ3v) is 5.18. The van der Waals surface area contributed by atoms with Crippen molar-refractivity contribution in [2.45, 2.75) is 12.8 Å². The average molecular weight is 384 g/mol. The molecule has 1 aliphatic heterocycles. The van der Waals surface area contributed by atoms with Crippen LogP contribution >= 0.6 is 0 Å². The van der Waals surface area contributed by atoms with E-state index >= 15 is 0 Å². The summed E-state index contributed by atoms with van der Waals surface area (Å²) in [5.41, 5.74) is 2.02. The van der Waals surface area contributed by atoms with E-state index < -0.39 is 0 Å². The van der Waals surface area contributed by atoms with Crippen LogP contribution in [0.25, 0.3) is 0 Å². The number of ether oxygens (including phenoxy) is 3. The molecule has 2 aromatic rings. The summed E-state index contributed by atoms with van der Waals surface area (Å²) in [6.07, 6.45) is 1.03. The molecule has 1 aliphatic rings. The fourth-order valence-corrected chi connectivity index (χ4v) is 3.65. The Kier molecular flexibility index (Phi) is 6.63. The predicted octanol–water partition coefficient (Wildman–Crippen LogP) is 2.99. The molecule has 6 heteroatoms. The average Bonchev–Trinajstić information content (AvgIpc) is 2.77. The van der Waals surface area contributed by atoms with E-state index in [1.165, 1.54) is 0 Å². The quantitative estimate of drug-likeness (QED) is 0.735. The number of para-hydroxylation sites is 2. The van der Waals surface area contributed by atoms with Gasteiger partial charge in [0.25, 0.3) is 0 Å². The molecule has 150 valence electrons. The SMILES string of the molecule is COc1ccccc1N1CCN(C(=O)CCc2c(OC)cccc2OC)CC1. The summed E-state index contributed by atoms with van der Waals surface area (Å²) in [6.45, 7) is 3.01. The number of piperazine rings is 1. The van der Waals surface area contributed by atoms with E-state index in [9.17, 15) is 4.79 Å². The van der Waals surface area contributed by atoms with Gasteiger partial charge in [-0.2, -0.15) is 0 Å². The highest BCUT2D eigenvalue weighted by molar-refractivity contribution is 5.77. The Morgan fingerprint density at radius 1 is 0.821 bits per heavy atom. The lowest BCUT2D eigenvalue weighted by molar-refractivity contribution is -0.131. The van der Waals surface area contributed by atoms with Gasteiger partial charge in [-0.05, 0) is 30.7 Å². The molecule has 1 saturated heterocycles. The zero-order valence-corrected chi connectivity index (χ0v) is 16.8. The standard InChI is InChI=1S/C22H28N2O4/c1-26-19-9-6-10-20(27-2)17(19)11-12-22(25)24-15-13-23(14-16-24)18-7-4-5-8-21(18)28-3/h4-10H,11-16H2,1-3H3. The lowest BCUT2D eigenvalue weighted by atomic mass is 10.1. The van der Waals surface area contributed by atoms with Crippen molar-refractivity contribution < 1.29 is 19.0 Å². The van der Waals surface area contributed by atoms with Crippen molar-refractivity contribution >= 4 is 11.6 Å². The zero-order valence-electron chi connectivity index (χ0n) is 16.8. The molecule has 1 amide bonds. The molecule has 0 aromatic heterocycles. The first-order valence-corrected chi connectivity index (χ1v) is 9.53. The Hall–Kier alpha value is -2.89. The van der Waals surface area contributed by atoms with E-state index in [1.807, 2.05) is 41.3 Å². The largest absolute Gasteiger partial charge is 0.496 e. The molecule has 0 radical (unpaired) electrons. The predicted molar refractivity (Wildman–Crippen MR) is 110 cm³/mol. The van der Waals surface area contributed by atoms with Gasteiger partial charge in [-0.1, -0.05) is 18.2 Å². The van der Waals surface area contributed by atoms with Crippen LogP contribution in [0.15, 0.2) is 42.5 Å². The van der Waals surface area contributed by atoms with Gasteiger partial charge in [0.2, 0.25) is 5.91 Å². The lowest BCUT2D eigenvalue weighted by Gasteiger charge is -2.36. The van der Waals surface area contributed by atoms with Crippen LogP contribution in [0.5, 0.6) is 17.2 Å². The summed E-state index contributed by atoms with van der Waals surface area (Å²) in [4.78, 5) is 16.9. The van der Waals surface area contributed by atoms with Crippen LogP contribution < -0.4 is 19.1 Å². The molecule has 1 fully saturated rings. The first-order chi connectivity index (χ1) is 13.7. The maximum atomic E-state index is 12.7. The number of methoxy groups -OCH3 is 3. The van der Waals surface area contributed by atoms with E-state index in [-0.39, 0.29) is 5.91 Å². The molecule has 0 saturated carbocycles. The summed E-state index contributed by atoms with van der Waals surface area (Å²) in [7, 11) is 4.96. The summed E-state index contributed by atoms with van der Waals surface area (Å²) in [5.74, 6) is 2.54. The molecule has 0 aliphatic carbocycles. The Morgan fingerprint density at radius 2 is 1.39 bits per heavy atom. The van der Waals surface area contributed by atoms with Gasteiger partial charge in [-0.15, -0.1) is 0 Å². The van der Waals surface area contributed by atoms with Crippen LogP contribution in [-0.2, 0) is 11.2 Å². The minimum atomic E-state index is 0.160. The van der Waals surface area contributed by atoms with Gasteiger partial charge in [-0.25, -0.2) is 0 Å². The Bertz CT molecular complexity index is 779. The second kappa shape index (κ2) is 9.35. The Morgan fingerprint density at radius 3 is 2.00 bits per heavy atom. The Labute approximate surface area is 166 Å². The first kappa shape index (κ1) is 19.9. The third kappa shape index (κ3) is 4.32. The van der Waals surface area contributed by atoms with E-state index in [0.717, 1.165) is 41.6 Å². The summed E-state index contributed by atoms with van der Waals surface area (Å²) in [5, 5.41) is 0. The van der Waals surface area contributed by atoms with Crippen LogP contribution in [0.1, 0.15) is 12.0 Å². The number of amides is 1. The number of benzene rings is 2. The molecule has 6 nitrogen and oxygen atoms in total. The van der Waals surface area contributed by atoms with Crippen molar-refractivity contribution in [3.63, 3.8) is 0 Å². The van der Waals surface area contributed by atoms with Gasteiger partial charge in [0.1, 0.15) is 17.2 Å². The summed E-state index contributed by atoms with van der Waals surface area (Å²) >= 11 is 0. The minimum Gasteiger partial charge on any atom is -0.496 e. The number of carbonyl (C=O) groups is 1. The Balaban J connectivity index is 1.58. The second-order valence-corrected chi connectivity index (χ2v) is 6.68. The van der Waals surface area contributed by atoms with Gasteiger partial charge >= 0.3 is 0 Å². The summed E-state index contributed by atoms with van der Waals surface area (Å²) < 4.78 is 16.3. The summed E-state index contributed by atoms with van der Waals surface area (Å²) in [6, 6.07) is 13.7. The van der Waals surface area contributed by atoms with Gasteiger partial charge in [0.15, 0.2) is 0 Å². The fraction of sp³-hybridized carbons (Fsp3) is 0.409. The topological polar surface area (TPSA) is 51.2 Å². The van der Waals surface area contributed by atoms with Crippen LogP contribution in [-0.4, -0.2) is 58.3 Å². The monoisotopic (exact) mass is 384 g/mol.